The summed E-state index contributed by atoms with van der Waals surface area (Å²) in [6.45, 7) is 0. The van der Waals surface area contributed by atoms with Crippen molar-refractivity contribution in [1.82, 2.24) is 0 Å². The number of rotatable bonds is 7. The van der Waals surface area contributed by atoms with Crippen molar-refractivity contribution in [3.63, 3.8) is 0 Å². The zero-order chi connectivity index (χ0) is 21.7. The molecule has 0 aliphatic heterocycles. The molecule has 0 fully saturated rings. The number of ether oxygens (including phenoxy) is 3. The monoisotopic (exact) mass is 429 g/mol. The summed E-state index contributed by atoms with van der Waals surface area (Å²) in [4.78, 5) is 0. The van der Waals surface area contributed by atoms with E-state index in [1.807, 2.05) is 36.4 Å². The smallest absolute Gasteiger partial charge is 0.144 e. The molecule has 4 rings (SSSR count). The third-order valence-corrected chi connectivity index (χ3v) is 9.81. The van der Waals surface area contributed by atoms with E-state index in [1.54, 1.807) is 21.3 Å². The van der Waals surface area contributed by atoms with Crippen LogP contribution >= 0.6 is 7.26 Å². The van der Waals surface area contributed by atoms with Gasteiger partial charge in [-0.05, 0) is 84.9 Å². The SMILES string of the molecule is COc1ccc([P+](c2ccccc2)(c2ccc(OC)cc2)c2ccc(OC)cc2)cc1. The van der Waals surface area contributed by atoms with Crippen molar-refractivity contribution in [1.29, 1.82) is 0 Å². The van der Waals surface area contributed by atoms with Crippen molar-refractivity contribution in [2.24, 2.45) is 0 Å². The van der Waals surface area contributed by atoms with Crippen molar-refractivity contribution < 1.29 is 14.2 Å². The summed E-state index contributed by atoms with van der Waals surface area (Å²) < 4.78 is 16.3. The lowest BCUT2D eigenvalue weighted by Gasteiger charge is -2.28. The average Bonchev–Trinajstić information content (AvgIpc) is 2.86. The number of hydrogen-bond acceptors (Lipinski definition) is 3. The fourth-order valence-corrected chi connectivity index (χ4v) is 8.16. The predicted octanol–water partition coefficient (Wildman–Crippen LogP) is 4.33. The molecule has 0 atom stereocenters. The Kier molecular flexibility index (Phi) is 6.25. The van der Waals surface area contributed by atoms with Crippen LogP contribution in [0.1, 0.15) is 0 Å². The molecule has 0 amide bonds. The maximum absolute atomic E-state index is 5.44. The Balaban J connectivity index is 2.05. The first-order valence-electron chi connectivity index (χ1n) is 10.1. The predicted molar refractivity (Wildman–Crippen MR) is 131 cm³/mol. The fourth-order valence-electron chi connectivity index (χ4n) is 3.96. The summed E-state index contributed by atoms with van der Waals surface area (Å²) in [5.74, 6) is 2.54. The van der Waals surface area contributed by atoms with Crippen LogP contribution in [-0.4, -0.2) is 21.3 Å². The molecular weight excluding hydrogens is 403 g/mol. The molecule has 156 valence electrons. The van der Waals surface area contributed by atoms with E-state index in [0.717, 1.165) is 17.2 Å². The highest BCUT2D eigenvalue weighted by atomic mass is 31.2. The van der Waals surface area contributed by atoms with E-state index in [2.05, 4.69) is 66.7 Å². The van der Waals surface area contributed by atoms with E-state index in [9.17, 15) is 0 Å². The summed E-state index contributed by atoms with van der Waals surface area (Å²) in [5.41, 5.74) is 0. The topological polar surface area (TPSA) is 27.7 Å². The molecule has 0 unspecified atom stereocenters. The van der Waals surface area contributed by atoms with Crippen LogP contribution < -0.4 is 35.4 Å². The van der Waals surface area contributed by atoms with Gasteiger partial charge in [-0.3, -0.25) is 0 Å². The van der Waals surface area contributed by atoms with Gasteiger partial charge < -0.3 is 14.2 Å². The first-order valence-corrected chi connectivity index (χ1v) is 11.9. The van der Waals surface area contributed by atoms with Gasteiger partial charge in [-0.1, -0.05) is 18.2 Å². The highest BCUT2D eigenvalue weighted by molar-refractivity contribution is 8.01. The average molecular weight is 429 g/mol. The van der Waals surface area contributed by atoms with Gasteiger partial charge in [0.25, 0.3) is 0 Å². The summed E-state index contributed by atoms with van der Waals surface area (Å²) in [6.07, 6.45) is 0. The molecule has 0 aromatic heterocycles. The van der Waals surface area contributed by atoms with Crippen molar-refractivity contribution in [2.45, 2.75) is 0 Å². The molecule has 31 heavy (non-hydrogen) atoms. The van der Waals surface area contributed by atoms with Gasteiger partial charge in [0, 0.05) is 0 Å². The second-order valence-corrected chi connectivity index (χ2v) is 10.5. The molecule has 0 N–H and O–H groups in total. The summed E-state index contributed by atoms with van der Waals surface area (Å²) in [7, 11) is 2.92. The minimum absolute atomic E-state index is 0.847. The molecule has 3 nitrogen and oxygen atoms in total. The molecule has 4 heteroatoms. The van der Waals surface area contributed by atoms with E-state index in [-0.39, 0.29) is 0 Å². The number of benzene rings is 4. The third-order valence-electron chi connectivity index (χ3n) is 5.52. The van der Waals surface area contributed by atoms with Crippen LogP contribution in [0.25, 0.3) is 0 Å². The van der Waals surface area contributed by atoms with E-state index in [1.165, 1.54) is 21.2 Å². The van der Waals surface area contributed by atoms with Gasteiger partial charge in [0.2, 0.25) is 0 Å². The van der Waals surface area contributed by atoms with Crippen molar-refractivity contribution in [3.05, 3.63) is 103 Å². The Bertz CT molecular complexity index is 990. The van der Waals surface area contributed by atoms with Gasteiger partial charge in [-0.25, -0.2) is 0 Å². The molecule has 0 aliphatic rings. The van der Waals surface area contributed by atoms with Gasteiger partial charge >= 0.3 is 0 Å². The first kappa shape index (κ1) is 21.0. The van der Waals surface area contributed by atoms with Crippen molar-refractivity contribution in [3.8, 4) is 17.2 Å². The number of hydrogen-bond donors (Lipinski definition) is 0. The molecule has 0 saturated heterocycles. The molecular formula is C27H26O3P+. The highest BCUT2D eigenvalue weighted by Crippen LogP contribution is 2.54. The quantitative estimate of drug-likeness (QED) is 0.409. The zero-order valence-electron chi connectivity index (χ0n) is 18.0. The van der Waals surface area contributed by atoms with Crippen LogP contribution in [0.2, 0.25) is 0 Å². The minimum Gasteiger partial charge on any atom is -0.497 e. The van der Waals surface area contributed by atoms with Gasteiger partial charge in [0.15, 0.2) is 0 Å². The fraction of sp³-hybridized carbons (Fsp3) is 0.111. The van der Waals surface area contributed by atoms with E-state index in [0.29, 0.717) is 0 Å². The maximum Gasteiger partial charge on any atom is 0.144 e. The Morgan fingerprint density at radius 3 is 0.968 bits per heavy atom. The van der Waals surface area contributed by atoms with Crippen LogP contribution in [0.5, 0.6) is 17.2 Å². The van der Waals surface area contributed by atoms with Crippen LogP contribution in [-0.2, 0) is 0 Å². The highest BCUT2D eigenvalue weighted by Gasteiger charge is 2.47. The molecule has 0 spiro atoms. The lowest BCUT2D eigenvalue weighted by Crippen LogP contribution is -2.38. The van der Waals surface area contributed by atoms with Crippen molar-refractivity contribution >= 4 is 28.5 Å². The van der Waals surface area contributed by atoms with Gasteiger partial charge in [0.05, 0.1) is 21.3 Å². The molecule has 4 aromatic rings. The third kappa shape index (κ3) is 3.89. The lowest BCUT2D eigenvalue weighted by atomic mass is 10.3. The summed E-state index contributed by atoms with van der Waals surface area (Å²) in [5, 5.41) is 5.06. The van der Waals surface area contributed by atoms with Crippen molar-refractivity contribution in [2.75, 3.05) is 21.3 Å². The Morgan fingerprint density at radius 2 is 0.677 bits per heavy atom. The van der Waals surface area contributed by atoms with E-state index >= 15 is 0 Å². The molecule has 0 bridgehead atoms. The molecule has 0 saturated carbocycles. The summed E-state index contributed by atoms with van der Waals surface area (Å²) >= 11 is 0. The van der Waals surface area contributed by atoms with Gasteiger partial charge in [-0.2, -0.15) is 0 Å². The summed E-state index contributed by atoms with van der Waals surface area (Å²) in [6, 6.07) is 36.1. The Hall–Kier alpha value is -3.29. The second-order valence-electron chi connectivity index (χ2n) is 7.10. The van der Waals surface area contributed by atoms with E-state index < -0.39 is 7.26 Å². The van der Waals surface area contributed by atoms with Crippen LogP contribution in [0.15, 0.2) is 103 Å². The molecule has 0 aliphatic carbocycles. The lowest BCUT2D eigenvalue weighted by molar-refractivity contribution is 0.415. The molecule has 0 radical (unpaired) electrons. The van der Waals surface area contributed by atoms with Crippen LogP contribution in [0.4, 0.5) is 0 Å². The number of methoxy groups -OCH3 is 3. The zero-order valence-corrected chi connectivity index (χ0v) is 18.9. The second kappa shape index (κ2) is 9.24. The maximum atomic E-state index is 5.44. The van der Waals surface area contributed by atoms with Crippen LogP contribution in [0.3, 0.4) is 0 Å². The largest absolute Gasteiger partial charge is 0.497 e. The molecule has 0 heterocycles. The standard InChI is InChI=1S/C27H26O3P/c1-28-21-9-15-25(16-10-21)31(24-7-5-4-6-8-24,26-17-11-22(29-2)12-18-26)27-19-13-23(30-3)14-20-27/h4-20H,1-3H3/q+1. The van der Waals surface area contributed by atoms with E-state index in [4.69, 9.17) is 14.2 Å². The molecule has 4 aromatic carbocycles. The Morgan fingerprint density at radius 1 is 0.387 bits per heavy atom. The van der Waals surface area contributed by atoms with Gasteiger partial charge in [0.1, 0.15) is 45.7 Å². The van der Waals surface area contributed by atoms with Gasteiger partial charge in [-0.15, -0.1) is 0 Å². The Labute approximate surface area is 184 Å². The van der Waals surface area contributed by atoms with Crippen LogP contribution in [0, 0.1) is 0 Å². The normalized spacial score (nSPS) is 11.1. The first-order chi connectivity index (χ1) is 15.2. The minimum atomic E-state index is -2.16.